The molecule has 98 valence electrons. The third-order valence-electron chi connectivity index (χ3n) is 4.70. The summed E-state index contributed by atoms with van der Waals surface area (Å²) in [7, 11) is 0. The molecule has 2 rings (SSSR count). The van der Waals surface area contributed by atoms with Crippen LogP contribution >= 0.6 is 0 Å². The van der Waals surface area contributed by atoms with Crippen LogP contribution in [-0.4, -0.2) is 30.6 Å². The number of nitrogens with zero attached hydrogens (tertiary/aromatic N) is 1. The van der Waals surface area contributed by atoms with E-state index < -0.39 is 0 Å². The molecule has 2 N–H and O–H groups in total. The molecular weight excluding hydrogens is 208 g/mol. The average Bonchev–Trinajstić information content (AvgIpc) is 3.20. The molecule has 0 heterocycles. The lowest BCUT2D eigenvalue weighted by molar-refractivity contribution is 0.148. The van der Waals surface area contributed by atoms with Gasteiger partial charge in [0.25, 0.3) is 0 Å². The molecule has 0 aromatic carbocycles. The van der Waals surface area contributed by atoms with E-state index in [-0.39, 0.29) is 0 Å². The van der Waals surface area contributed by atoms with Gasteiger partial charge in [-0.15, -0.1) is 6.58 Å². The molecule has 2 aliphatic carbocycles. The van der Waals surface area contributed by atoms with E-state index in [4.69, 9.17) is 5.73 Å². The van der Waals surface area contributed by atoms with Crippen LogP contribution in [0.3, 0.4) is 0 Å². The Morgan fingerprint density at radius 1 is 1.24 bits per heavy atom. The summed E-state index contributed by atoms with van der Waals surface area (Å²) in [6.45, 7) is 7.06. The highest BCUT2D eigenvalue weighted by Crippen LogP contribution is 2.39. The summed E-state index contributed by atoms with van der Waals surface area (Å²) in [6, 6.07) is 0.853. The van der Waals surface area contributed by atoms with Gasteiger partial charge in [-0.25, -0.2) is 0 Å². The van der Waals surface area contributed by atoms with Crippen molar-refractivity contribution < 1.29 is 0 Å². The maximum Gasteiger partial charge on any atom is 0.0163 e. The molecule has 0 bridgehead atoms. The summed E-state index contributed by atoms with van der Waals surface area (Å²) in [4.78, 5) is 2.61. The highest BCUT2D eigenvalue weighted by molar-refractivity contribution is 4.91. The number of rotatable bonds is 7. The van der Waals surface area contributed by atoms with E-state index in [1.54, 1.807) is 0 Å². The van der Waals surface area contributed by atoms with Crippen molar-refractivity contribution in [1.82, 2.24) is 4.90 Å². The van der Waals surface area contributed by atoms with Crippen molar-refractivity contribution in [2.75, 3.05) is 19.6 Å². The summed E-state index contributed by atoms with van der Waals surface area (Å²) in [5, 5.41) is 0. The van der Waals surface area contributed by atoms with Crippen molar-refractivity contribution in [3.63, 3.8) is 0 Å². The molecule has 0 aliphatic heterocycles. The lowest BCUT2D eigenvalue weighted by atomic mass is 9.72. The molecule has 0 aromatic rings. The summed E-state index contributed by atoms with van der Waals surface area (Å²) in [5.41, 5.74) is 6.52. The standard InChI is InChI=1S/C15H28N2/c1-2-11-17(14-6-7-14)12-10-15(13-16)8-4-3-5-9-15/h2,14H,1,3-13,16H2. The van der Waals surface area contributed by atoms with Crippen LogP contribution in [0.25, 0.3) is 0 Å². The maximum absolute atomic E-state index is 6.05. The molecule has 2 nitrogen and oxygen atoms in total. The second-order valence-electron chi connectivity index (χ2n) is 6.03. The summed E-state index contributed by atoms with van der Waals surface area (Å²) in [5.74, 6) is 0. The van der Waals surface area contributed by atoms with E-state index in [9.17, 15) is 0 Å². The van der Waals surface area contributed by atoms with Gasteiger partial charge in [-0.1, -0.05) is 25.3 Å². The lowest BCUT2D eigenvalue weighted by Crippen LogP contribution is -2.38. The summed E-state index contributed by atoms with van der Waals surface area (Å²) < 4.78 is 0. The molecule has 0 aromatic heterocycles. The SMILES string of the molecule is C=CCN(CCC1(CN)CCCCC1)C1CC1. The molecule has 0 saturated heterocycles. The van der Waals surface area contributed by atoms with Crippen molar-refractivity contribution in [2.45, 2.75) is 57.4 Å². The van der Waals surface area contributed by atoms with E-state index in [1.807, 2.05) is 6.08 Å². The fourth-order valence-electron chi connectivity index (χ4n) is 3.27. The Hall–Kier alpha value is -0.340. The van der Waals surface area contributed by atoms with Crippen LogP contribution in [0, 0.1) is 5.41 Å². The highest BCUT2D eigenvalue weighted by atomic mass is 15.2. The Bertz CT molecular complexity index is 239. The van der Waals surface area contributed by atoms with Crippen LogP contribution in [0.5, 0.6) is 0 Å². The fourth-order valence-corrected chi connectivity index (χ4v) is 3.27. The second-order valence-corrected chi connectivity index (χ2v) is 6.03. The maximum atomic E-state index is 6.05. The molecule has 2 saturated carbocycles. The first-order chi connectivity index (χ1) is 8.29. The van der Waals surface area contributed by atoms with Gasteiger partial charge < -0.3 is 5.73 Å². The van der Waals surface area contributed by atoms with E-state index in [0.717, 1.165) is 19.1 Å². The second kappa shape index (κ2) is 6.01. The Morgan fingerprint density at radius 2 is 1.94 bits per heavy atom. The first kappa shape index (κ1) is 13.1. The Balaban J connectivity index is 1.82. The molecule has 0 atom stereocenters. The van der Waals surface area contributed by atoms with Crippen molar-refractivity contribution in [3.05, 3.63) is 12.7 Å². The fraction of sp³-hybridized carbons (Fsp3) is 0.867. The predicted molar refractivity (Wildman–Crippen MR) is 74.0 cm³/mol. The van der Waals surface area contributed by atoms with Gasteiger partial charge in [-0.3, -0.25) is 4.90 Å². The van der Waals surface area contributed by atoms with Crippen molar-refractivity contribution in [1.29, 1.82) is 0 Å². The third-order valence-corrected chi connectivity index (χ3v) is 4.70. The topological polar surface area (TPSA) is 29.3 Å². The first-order valence-electron chi connectivity index (χ1n) is 7.35. The minimum absolute atomic E-state index is 0.465. The van der Waals surface area contributed by atoms with Crippen molar-refractivity contribution in [2.24, 2.45) is 11.1 Å². The van der Waals surface area contributed by atoms with E-state index >= 15 is 0 Å². The van der Waals surface area contributed by atoms with Gasteiger partial charge >= 0.3 is 0 Å². The van der Waals surface area contributed by atoms with Crippen LogP contribution < -0.4 is 5.73 Å². The van der Waals surface area contributed by atoms with Gasteiger partial charge in [0, 0.05) is 12.6 Å². The Morgan fingerprint density at radius 3 is 2.47 bits per heavy atom. The van der Waals surface area contributed by atoms with Crippen molar-refractivity contribution in [3.8, 4) is 0 Å². The van der Waals surface area contributed by atoms with Crippen molar-refractivity contribution >= 4 is 0 Å². The van der Waals surface area contributed by atoms with E-state index in [2.05, 4.69) is 11.5 Å². The molecule has 2 fully saturated rings. The molecule has 17 heavy (non-hydrogen) atoms. The Labute approximate surface area is 106 Å². The zero-order chi connectivity index (χ0) is 12.1. The molecule has 2 aliphatic rings. The van der Waals surface area contributed by atoms with Crippen LogP contribution in [0.15, 0.2) is 12.7 Å². The summed E-state index contributed by atoms with van der Waals surface area (Å²) in [6.07, 6.45) is 13.0. The van der Waals surface area contributed by atoms with E-state index in [1.165, 1.54) is 57.9 Å². The molecule has 0 spiro atoms. The Kier molecular flexibility index (Phi) is 4.63. The molecule has 0 amide bonds. The zero-order valence-corrected chi connectivity index (χ0v) is 11.2. The van der Waals surface area contributed by atoms with Gasteiger partial charge in [0.2, 0.25) is 0 Å². The van der Waals surface area contributed by atoms with Gasteiger partial charge in [-0.2, -0.15) is 0 Å². The van der Waals surface area contributed by atoms with Gasteiger partial charge in [0.15, 0.2) is 0 Å². The molecule has 0 unspecified atom stereocenters. The third kappa shape index (κ3) is 3.56. The number of nitrogens with two attached hydrogens (primary N) is 1. The monoisotopic (exact) mass is 236 g/mol. The smallest absolute Gasteiger partial charge is 0.0163 e. The number of hydrogen-bond donors (Lipinski definition) is 1. The normalized spacial score (nSPS) is 23.9. The highest BCUT2D eigenvalue weighted by Gasteiger charge is 2.33. The van der Waals surface area contributed by atoms with E-state index in [0.29, 0.717) is 5.41 Å². The average molecular weight is 236 g/mol. The van der Waals surface area contributed by atoms with Crippen LogP contribution in [0.4, 0.5) is 0 Å². The van der Waals surface area contributed by atoms with Gasteiger partial charge in [-0.05, 0) is 50.6 Å². The van der Waals surface area contributed by atoms with Crippen LogP contribution in [-0.2, 0) is 0 Å². The largest absolute Gasteiger partial charge is 0.330 e. The van der Waals surface area contributed by atoms with Crippen LogP contribution in [0.2, 0.25) is 0 Å². The minimum atomic E-state index is 0.465. The number of hydrogen-bond acceptors (Lipinski definition) is 2. The molecular formula is C15H28N2. The molecule has 2 heteroatoms. The van der Waals surface area contributed by atoms with Gasteiger partial charge in [0.1, 0.15) is 0 Å². The quantitative estimate of drug-likeness (QED) is 0.689. The van der Waals surface area contributed by atoms with Gasteiger partial charge in [0.05, 0.1) is 0 Å². The molecule has 0 radical (unpaired) electrons. The predicted octanol–water partition coefficient (Wildman–Crippen LogP) is 2.94. The lowest BCUT2D eigenvalue weighted by Gasteiger charge is -2.38. The summed E-state index contributed by atoms with van der Waals surface area (Å²) >= 11 is 0. The van der Waals surface area contributed by atoms with Crippen LogP contribution in [0.1, 0.15) is 51.4 Å². The first-order valence-corrected chi connectivity index (χ1v) is 7.35. The minimum Gasteiger partial charge on any atom is -0.330 e. The zero-order valence-electron chi connectivity index (χ0n) is 11.2.